The minimum Gasteiger partial charge on any atom is -0.456 e. The summed E-state index contributed by atoms with van der Waals surface area (Å²) in [6, 6.07) is 13.6. The zero-order chi connectivity index (χ0) is 23.1. The van der Waals surface area contributed by atoms with Gasteiger partial charge in [0.25, 0.3) is 0 Å². The third kappa shape index (κ3) is 4.11. The zero-order valence-electron chi connectivity index (χ0n) is 17.1. The van der Waals surface area contributed by atoms with Gasteiger partial charge in [0.1, 0.15) is 23.1 Å². The van der Waals surface area contributed by atoms with E-state index in [0.29, 0.717) is 11.3 Å². The summed E-state index contributed by atoms with van der Waals surface area (Å²) in [5, 5.41) is 0. The first-order valence-corrected chi connectivity index (χ1v) is 9.74. The van der Waals surface area contributed by atoms with Crippen LogP contribution in [-0.4, -0.2) is 0 Å². The first kappa shape index (κ1) is 21.6. The van der Waals surface area contributed by atoms with Crippen LogP contribution >= 0.6 is 0 Å². The highest BCUT2D eigenvalue weighted by molar-refractivity contribution is 5.69. The monoisotopic (exact) mass is 440 g/mol. The van der Waals surface area contributed by atoms with Crippen LogP contribution in [0.4, 0.5) is 22.0 Å². The Morgan fingerprint density at radius 3 is 2.22 bits per heavy atom. The van der Waals surface area contributed by atoms with Crippen molar-refractivity contribution < 1.29 is 26.7 Å². The lowest BCUT2D eigenvalue weighted by molar-refractivity contribution is -0.137. The van der Waals surface area contributed by atoms with E-state index in [1.807, 2.05) is 13.8 Å². The van der Waals surface area contributed by atoms with Crippen molar-refractivity contribution in [1.82, 2.24) is 0 Å². The van der Waals surface area contributed by atoms with Crippen LogP contribution in [0.3, 0.4) is 0 Å². The fourth-order valence-corrected chi connectivity index (χ4v) is 3.61. The molecular weight excluding hydrogens is 423 g/mol. The molecular formula is C26H17F5O. The summed E-state index contributed by atoms with van der Waals surface area (Å²) in [5.41, 5.74) is -0.671. The predicted octanol–water partition coefficient (Wildman–Crippen LogP) is 7.09. The number of rotatable bonds is 1. The van der Waals surface area contributed by atoms with Crippen LogP contribution in [0.15, 0.2) is 66.7 Å². The van der Waals surface area contributed by atoms with E-state index >= 15 is 0 Å². The van der Waals surface area contributed by atoms with Crippen molar-refractivity contribution >= 4 is 5.76 Å². The average molecular weight is 440 g/mol. The van der Waals surface area contributed by atoms with Crippen LogP contribution in [0.5, 0.6) is 5.75 Å². The molecule has 3 aromatic rings. The molecule has 1 nitrogen and oxygen atoms in total. The van der Waals surface area contributed by atoms with Crippen molar-refractivity contribution in [3.8, 4) is 17.6 Å². The van der Waals surface area contributed by atoms with Gasteiger partial charge in [0.15, 0.2) is 0 Å². The van der Waals surface area contributed by atoms with Crippen molar-refractivity contribution in [1.29, 1.82) is 0 Å². The molecule has 0 unspecified atom stereocenters. The topological polar surface area (TPSA) is 9.23 Å². The van der Waals surface area contributed by atoms with Crippen molar-refractivity contribution in [3.63, 3.8) is 0 Å². The molecule has 6 heteroatoms. The molecule has 0 fully saturated rings. The fourth-order valence-electron chi connectivity index (χ4n) is 3.61. The van der Waals surface area contributed by atoms with Gasteiger partial charge in [-0.05, 0) is 42.5 Å². The van der Waals surface area contributed by atoms with Crippen molar-refractivity contribution in [2.75, 3.05) is 0 Å². The minimum absolute atomic E-state index is 0.0330. The molecule has 1 aliphatic rings. The van der Waals surface area contributed by atoms with Crippen molar-refractivity contribution in [2.45, 2.75) is 25.4 Å². The summed E-state index contributed by atoms with van der Waals surface area (Å²) in [4.78, 5) is 0. The van der Waals surface area contributed by atoms with Crippen molar-refractivity contribution in [2.24, 2.45) is 0 Å². The fraction of sp³-hybridized carbons (Fsp3) is 0.154. The molecule has 0 amide bonds. The normalized spacial score (nSPS) is 14.5. The van der Waals surface area contributed by atoms with Gasteiger partial charge >= 0.3 is 6.18 Å². The predicted molar refractivity (Wildman–Crippen MR) is 112 cm³/mol. The van der Waals surface area contributed by atoms with Gasteiger partial charge in [-0.15, -0.1) is 0 Å². The Morgan fingerprint density at radius 2 is 1.53 bits per heavy atom. The van der Waals surface area contributed by atoms with Gasteiger partial charge in [0, 0.05) is 22.1 Å². The molecule has 0 radical (unpaired) electrons. The highest BCUT2D eigenvalue weighted by Gasteiger charge is 2.33. The summed E-state index contributed by atoms with van der Waals surface area (Å²) in [6.45, 7) is 3.75. The van der Waals surface area contributed by atoms with E-state index in [-0.39, 0.29) is 16.9 Å². The first-order chi connectivity index (χ1) is 15.1. The molecule has 0 atom stereocenters. The molecule has 0 saturated heterocycles. The highest BCUT2D eigenvalue weighted by atomic mass is 19.4. The van der Waals surface area contributed by atoms with Crippen molar-refractivity contribution in [3.05, 3.63) is 106 Å². The molecule has 32 heavy (non-hydrogen) atoms. The number of ether oxygens (including phenoxy) is 1. The van der Waals surface area contributed by atoms with E-state index in [0.717, 1.165) is 23.8 Å². The van der Waals surface area contributed by atoms with Gasteiger partial charge in [0.2, 0.25) is 0 Å². The molecule has 0 aliphatic carbocycles. The molecule has 0 bridgehead atoms. The lowest BCUT2D eigenvalue weighted by Crippen LogP contribution is -2.22. The third-order valence-corrected chi connectivity index (χ3v) is 5.17. The van der Waals surface area contributed by atoms with Crippen LogP contribution in [0, 0.1) is 23.5 Å². The van der Waals surface area contributed by atoms with Gasteiger partial charge < -0.3 is 4.74 Å². The van der Waals surface area contributed by atoms with Crippen LogP contribution in [-0.2, 0) is 11.6 Å². The van der Waals surface area contributed by atoms with E-state index in [1.165, 1.54) is 24.3 Å². The molecule has 162 valence electrons. The van der Waals surface area contributed by atoms with Crippen LogP contribution in [0.1, 0.15) is 41.7 Å². The smallest absolute Gasteiger partial charge is 0.417 e. The van der Waals surface area contributed by atoms with Gasteiger partial charge in [-0.25, -0.2) is 8.78 Å². The Kier molecular flexibility index (Phi) is 5.29. The zero-order valence-corrected chi connectivity index (χ0v) is 17.1. The summed E-state index contributed by atoms with van der Waals surface area (Å²) < 4.78 is 74.0. The van der Waals surface area contributed by atoms with Gasteiger partial charge in [-0.2, -0.15) is 13.2 Å². The number of halogens is 5. The maximum Gasteiger partial charge on any atom is 0.417 e. The first-order valence-electron chi connectivity index (χ1n) is 9.74. The average Bonchev–Trinajstić information content (AvgIpc) is 2.71. The molecule has 3 aromatic carbocycles. The lowest BCUT2D eigenvalue weighted by Gasteiger charge is -2.31. The van der Waals surface area contributed by atoms with E-state index in [4.69, 9.17) is 4.74 Å². The third-order valence-electron chi connectivity index (χ3n) is 5.17. The highest BCUT2D eigenvalue weighted by Crippen LogP contribution is 2.42. The Bertz CT molecular complexity index is 1270. The SMILES string of the molecule is CC1(C)C=C(c2c(F)cccc2F)Oc2cc(C#Cc3ccccc3C(F)(F)F)ccc21. The second kappa shape index (κ2) is 7.83. The standard InChI is InChI=1S/C26H17F5O/c1-25(2)15-23(24-20(27)8-5-9-21(24)28)32-22-14-16(11-13-19(22)25)10-12-17-6-3-4-7-18(17)26(29,30)31/h3-9,11,13-15H,1-2H3. The number of allylic oxidation sites excluding steroid dienone is 1. The van der Waals surface area contributed by atoms with E-state index in [2.05, 4.69) is 11.8 Å². The number of fused-ring (bicyclic) bond motifs is 1. The molecule has 0 spiro atoms. The van der Waals surface area contributed by atoms with Crippen LogP contribution < -0.4 is 4.74 Å². The summed E-state index contributed by atoms with van der Waals surface area (Å²) in [6.07, 6.45) is -2.88. The number of hydrogen-bond donors (Lipinski definition) is 0. The number of benzene rings is 3. The number of alkyl halides is 3. The summed E-state index contributed by atoms with van der Waals surface area (Å²) in [5.74, 6) is 4.16. The molecule has 1 heterocycles. The van der Waals surface area contributed by atoms with E-state index < -0.39 is 28.8 Å². The molecule has 0 N–H and O–H groups in total. The van der Waals surface area contributed by atoms with E-state index in [9.17, 15) is 22.0 Å². The Labute approximate surface area is 182 Å². The molecule has 4 rings (SSSR count). The largest absolute Gasteiger partial charge is 0.456 e. The van der Waals surface area contributed by atoms with Gasteiger partial charge in [-0.1, -0.05) is 50.0 Å². The minimum atomic E-state index is -4.52. The molecule has 0 aromatic heterocycles. The lowest BCUT2D eigenvalue weighted by atomic mass is 9.81. The quantitative estimate of drug-likeness (QED) is 0.290. The number of hydrogen-bond acceptors (Lipinski definition) is 1. The second-order valence-electron chi connectivity index (χ2n) is 7.93. The Morgan fingerprint density at radius 1 is 0.844 bits per heavy atom. The Balaban J connectivity index is 1.74. The maximum absolute atomic E-state index is 14.3. The van der Waals surface area contributed by atoms with Gasteiger partial charge in [-0.3, -0.25) is 0 Å². The second-order valence-corrected chi connectivity index (χ2v) is 7.93. The molecule has 1 aliphatic heterocycles. The maximum atomic E-state index is 14.3. The Hall–Kier alpha value is -3.59. The van der Waals surface area contributed by atoms with Crippen LogP contribution in [0.2, 0.25) is 0 Å². The summed E-state index contributed by atoms with van der Waals surface area (Å²) >= 11 is 0. The summed E-state index contributed by atoms with van der Waals surface area (Å²) in [7, 11) is 0. The van der Waals surface area contributed by atoms with E-state index in [1.54, 1.807) is 24.3 Å². The molecule has 0 saturated carbocycles. The van der Waals surface area contributed by atoms with Crippen LogP contribution in [0.25, 0.3) is 5.76 Å². The van der Waals surface area contributed by atoms with Gasteiger partial charge in [0.05, 0.1) is 11.1 Å².